The summed E-state index contributed by atoms with van der Waals surface area (Å²) in [5, 5.41) is 9.98. The Morgan fingerprint density at radius 2 is 2.09 bits per heavy atom. The fourth-order valence-electron chi connectivity index (χ4n) is 2.77. The second-order valence-electron chi connectivity index (χ2n) is 5.52. The molecule has 1 aromatic carbocycles. The Morgan fingerprint density at radius 3 is 2.73 bits per heavy atom. The molecule has 2 aromatic rings. The summed E-state index contributed by atoms with van der Waals surface area (Å²) in [5.74, 6) is -1.12. The van der Waals surface area contributed by atoms with Crippen LogP contribution in [-0.4, -0.2) is 35.0 Å². The summed E-state index contributed by atoms with van der Waals surface area (Å²) in [6.45, 7) is 2.59. The highest BCUT2D eigenvalue weighted by molar-refractivity contribution is 5.86. The van der Waals surface area contributed by atoms with Gasteiger partial charge < -0.3 is 14.4 Å². The molecule has 5 nitrogen and oxygen atoms in total. The second-order valence-corrected chi connectivity index (χ2v) is 5.52. The third-order valence-electron chi connectivity index (χ3n) is 4.09. The van der Waals surface area contributed by atoms with Crippen molar-refractivity contribution in [3.8, 4) is 0 Å². The predicted molar refractivity (Wildman–Crippen MR) is 84.2 cm³/mol. The SMILES string of the molecule is CC(C(=O)N1CCC(C(=O)O)C1)c1cc2ccccc2o1.Cl. The maximum Gasteiger partial charge on any atom is 0.308 e. The lowest BCUT2D eigenvalue weighted by Crippen LogP contribution is -2.33. The minimum Gasteiger partial charge on any atom is -0.481 e. The average molecular weight is 324 g/mol. The highest BCUT2D eigenvalue weighted by Gasteiger charge is 2.33. The van der Waals surface area contributed by atoms with Gasteiger partial charge in [0.25, 0.3) is 0 Å². The molecule has 1 aromatic heterocycles. The molecular weight excluding hydrogens is 306 g/mol. The fourth-order valence-corrected chi connectivity index (χ4v) is 2.77. The van der Waals surface area contributed by atoms with E-state index in [1.807, 2.05) is 30.3 Å². The average Bonchev–Trinajstić information content (AvgIpc) is 3.12. The number of aliphatic carboxylic acids is 1. The number of carbonyl (C=O) groups excluding carboxylic acids is 1. The Morgan fingerprint density at radius 1 is 1.36 bits per heavy atom. The van der Waals surface area contributed by atoms with Crippen LogP contribution in [0.4, 0.5) is 0 Å². The van der Waals surface area contributed by atoms with Crippen LogP contribution in [0.2, 0.25) is 0 Å². The third-order valence-corrected chi connectivity index (χ3v) is 4.09. The van der Waals surface area contributed by atoms with Gasteiger partial charge in [0.1, 0.15) is 11.3 Å². The van der Waals surface area contributed by atoms with E-state index in [2.05, 4.69) is 0 Å². The lowest BCUT2D eigenvalue weighted by atomic mass is 10.1. The van der Waals surface area contributed by atoms with E-state index in [1.165, 1.54) is 0 Å². The number of carboxylic acid groups (broad SMARTS) is 1. The minimum absolute atomic E-state index is 0. The molecule has 2 unspecified atom stereocenters. The number of furan rings is 1. The first-order chi connectivity index (χ1) is 10.1. The number of carboxylic acids is 1. The molecule has 1 aliphatic rings. The van der Waals surface area contributed by atoms with Crippen molar-refractivity contribution < 1.29 is 19.1 Å². The number of benzene rings is 1. The van der Waals surface area contributed by atoms with Gasteiger partial charge >= 0.3 is 5.97 Å². The molecule has 0 aliphatic carbocycles. The van der Waals surface area contributed by atoms with Crippen LogP contribution in [-0.2, 0) is 9.59 Å². The first kappa shape index (κ1) is 16.4. The van der Waals surface area contributed by atoms with Gasteiger partial charge in [-0.15, -0.1) is 12.4 Å². The Bertz CT molecular complexity index is 663. The van der Waals surface area contributed by atoms with Gasteiger partial charge in [-0.2, -0.15) is 0 Å². The molecule has 22 heavy (non-hydrogen) atoms. The van der Waals surface area contributed by atoms with Gasteiger partial charge in [-0.3, -0.25) is 9.59 Å². The minimum atomic E-state index is -0.832. The van der Waals surface area contributed by atoms with E-state index in [1.54, 1.807) is 11.8 Å². The van der Waals surface area contributed by atoms with Gasteiger partial charge in [0.2, 0.25) is 5.91 Å². The number of halogens is 1. The summed E-state index contributed by atoms with van der Waals surface area (Å²) in [4.78, 5) is 25.1. The van der Waals surface area contributed by atoms with Gasteiger partial charge in [0.15, 0.2) is 0 Å². The highest BCUT2D eigenvalue weighted by Crippen LogP contribution is 2.28. The molecule has 1 saturated heterocycles. The highest BCUT2D eigenvalue weighted by atomic mass is 35.5. The quantitative estimate of drug-likeness (QED) is 0.942. The Kier molecular flexibility index (Phi) is 4.76. The molecule has 0 bridgehead atoms. The van der Waals surface area contributed by atoms with Gasteiger partial charge in [-0.05, 0) is 25.5 Å². The van der Waals surface area contributed by atoms with Crippen LogP contribution in [0.1, 0.15) is 25.0 Å². The lowest BCUT2D eigenvalue weighted by molar-refractivity contribution is -0.141. The maximum absolute atomic E-state index is 12.5. The zero-order valence-corrected chi connectivity index (χ0v) is 13.0. The van der Waals surface area contributed by atoms with Crippen LogP contribution in [0.3, 0.4) is 0 Å². The number of hydrogen-bond donors (Lipinski definition) is 1. The topological polar surface area (TPSA) is 70.8 Å². The summed E-state index contributed by atoms with van der Waals surface area (Å²) in [6.07, 6.45) is 0.522. The molecule has 1 amide bonds. The molecule has 0 saturated carbocycles. The van der Waals surface area contributed by atoms with Crippen molar-refractivity contribution in [2.45, 2.75) is 19.3 Å². The van der Waals surface area contributed by atoms with E-state index in [0.717, 1.165) is 11.0 Å². The normalized spacial score (nSPS) is 19.0. The molecular formula is C16H18ClNO4. The fraction of sp³-hybridized carbons (Fsp3) is 0.375. The molecule has 2 atom stereocenters. The van der Waals surface area contributed by atoms with Crippen LogP contribution < -0.4 is 0 Å². The maximum atomic E-state index is 12.5. The number of para-hydroxylation sites is 1. The van der Waals surface area contributed by atoms with Crippen molar-refractivity contribution in [3.05, 3.63) is 36.1 Å². The van der Waals surface area contributed by atoms with E-state index in [0.29, 0.717) is 25.3 Å². The Hall–Kier alpha value is -2.01. The molecule has 3 rings (SSSR count). The van der Waals surface area contributed by atoms with E-state index in [4.69, 9.17) is 9.52 Å². The van der Waals surface area contributed by atoms with E-state index in [-0.39, 0.29) is 18.3 Å². The monoisotopic (exact) mass is 323 g/mol. The molecule has 1 N–H and O–H groups in total. The zero-order valence-electron chi connectivity index (χ0n) is 12.2. The summed E-state index contributed by atoms with van der Waals surface area (Å²) in [5.41, 5.74) is 0.761. The van der Waals surface area contributed by atoms with Gasteiger partial charge in [-0.1, -0.05) is 18.2 Å². The third kappa shape index (κ3) is 2.95. The van der Waals surface area contributed by atoms with Gasteiger partial charge in [0.05, 0.1) is 11.8 Å². The predicted octanol–water partition coefficient (Wildman–Crippen LogP) is 2.89. The van der Waals surface area contributed by atoms with Crippen LogP contribution in [0.25, 0.3) is 11.0 Å². The largest absolute Gasteiger partial charge is 0.481 e. The van der Waals surface area contributed by atoms with Crippen molar-refractivity contribution in [3.63, 3.8) is 0 Å². The van der Waals surface area contributed by atoms with E-state index in [9.17, 15) is 9.59 Å². The molecule has 0 radical (unpaired) electrons. The molecule has 1 fully saturated rings. The Labute approximate surface area is 134 Å². The summed E-state index contributed by atoms with van der Waals surface area (Å²) >= 11 is 0. The van der Waals surface area contributed by atoms with Crippen molar-refractivity contribution >= 4 is 35.3 Å². The van der Waals surface area contributed by atoms with Crippen LogP contribution in [0, 0.1) is 5.92 Å². The zero-order chi connectivity index (χ0) is 15.0. The number of fused-ring (bicyclic) bond motifs is 1. The summed E-state index contributed by atoms with van der Waals surface area (Å²) in [7, 11) is 0. The molecule has 1 aliphatic heterocycles. The van der Waals surface area contributed by atoms with Crippen molar-refractivity contribution in [1.82, 2.24) is 4.90 Å². The first-order valence-electron chi connectivity index (χ1n) is 7.06. The van der Waals surface area contributed by atoms with Crippen LogP contribution in [0.5, 0.6) is 0 Å². The summed E-state index contributed by atoms with van der Waals surface area (Å²) < 4.78 is 5.72. The number of carbonyl (C=O) groups is 2. The van der Waals surface area contributed by atoms with Crippen molar-refractivity contribution in [2.75, 3.05) is 13.1 Å². The molecule has 118 valence electrons. The van der Waals surface area contributed by atoms with Crippen LogP contribution in [0.15, 0.2) is 34.7 Å². The lowest BCUT2D eigenvalue weighted by Gasteiger charge is -2.19. The number of hydrogen-bond acceptors (Lipinski definition) is 3. The standard InChI is InChI=1S/C16H17NO4.ClH/c1-10(14-8-11-4-2-3-5-13(11)21-14)15(18)17-7-6-12(9-17)16(19)20;/h2-5,8,10,12H,6-7,9H2,1H3,(H,19,20);1H. The Balaban J connectivity index is 0.00000176. The first-order valence-corrected chi connectivity index (χ1v) is 7.06. The van der Waals surface area contributed by atoms with Crippen LogP contribution >= 0.6 is 12.4 Å². The van der Waals surface area contributed by atoms with Crippen molar-refractivity contribution in [2.24, 2.45) is 5.92 Å². The summed E-state index contributed by atoms with van der Waals surface area (Å²) in [6, 6.07) is 9.50. The van der Waals surface area contributed by atoms with Gasteiger partial charge in [0, 0.05) is 18.5 Å². The second kappa shape index (κ2) is 6.40. The number of likely N-dealkylation sites (tertiary alicyclic amines) is 1. The smallest absolute Gasteiger partial charge is 0.308 e. The number of amides is 1. The van der Waals surface area contributed by atoms with Gasteiger partial charge in [-0.25, -0.2) is 0 Å². The van der Waals surface area contributed by atoms with E-state index < -0.39 is 17.8 Å². The molecule has 2 heterocycles. The molecule has 0 spiro atoms. The molecule has 6 heteroatoms. The number of rotatable bonds is 3. The number of nitrogens with zero attached hydrogens (tertiary/aromatic N) is 1. The van der Waals surface area contributed by atoms with Crippen molar-refractivity contribution in [1.29, 1.82) is 0 Å². The van der Waals surface area contributed by atoms with E-state index >= 15 is 0 Å².